The number of aromatic nitrogens is 13. The largest absolute Gasteiger partial charge is 0.490 e. The van der Waals surface area contributed by atoms with Gasteiger partial charge in [0.2, 0.25) is 9.54 Å². The average molecular weight is 1210 g/mol. The van der Waals surface area contributed by atoms with E-state index in [-0.39, 0.29) is 0 Å². The van der Waals surface area contributed by atoms with Crippen molar-refractivity contribution in [3.63, 3.8) is 0 Å². The normalized spacial score (nSPS) is 12.1. The van der Waals surface area contributed by atoms with Crippen LogP contribution in [0.5, 0.6) is 46.1 Å². The molecular formula is C51H42N20O7S5. The lowest BCUT2D eigenvalue weighted by Gasteiger charge is -2.22. The van der Waals surface area contributed by atoms with Gasteiger partial charge in [-0.2, -0.15) is 30.1 Å². The van der Waals surface area contributed by atoms with E-state index in [1.54, 1.807) is 30.1 Å². The first kappa shape index (κ1) is 55.1. The van der Waals surface area contributed by atoms with Gasteiger partial charge in [-0.3, -0.25) is 10.1 Å². The fourth-order valence-electron chi connectivity index (χ4n) is 7.72. The summed E-state index contributed by atoms with van der Waals surface area (Å²) < 4.78 is 29.1. The molecule has 15 rings (SSSR count). The van der Waals surface area contributed by atoms with E-state index < -0.39 is 11.4 Å². The fraction of sp³-hybridized carbons (Fsp3) is 0.0784. The number of fused-ring (bicyclic) bond motifs is 10. The van der Waals surface area contributed by atoms with Crippen LogP contribution in [-0.4, -0.2) is 91.8 Å². The van der Waals surface area contributed by atoms with Crippen LogP contribution in [-0.2, 0) is 0 Å². The van der Waals surface area contributed by atoms with Crippen molar-refractivity contribution in [2.24, 2.45) is 11.5 Å². The molecule has 27 nitrogen and oxygen atoms in total. The van der Waals surface area contributed by atoms with Crippen LogP contribution < -0.4 is 73.1 Å². The predicted molar refractivity (Wildman–Crippen MR) is 318 cm³/mol. The van der Waals surface area contributed by atoms with Gasteiger partial charge in [-0.05, 0) is 97.3 Å². The van der Waals surface area contributed by atoms with E-state index in [0.29, 0.717) is 115 Å². The summed E-state index contributed by atoms with van der Waals surface area (Å²) >= 11 is 17.8. The van der Waals surface area contributed by atoms with E-state index in [1.807, 2.05) is 97.1 Å². The van der Waals surface area contributed by atoms with Crippen LogP contribution in [0.3, 0.4) is 0 Å². The van der Waals surface area contributed by atoms with Crippen LogP contribution in [0.15, 0.2) is 151 Å². The Balaban J connectivity index is 0.000000109. The van der Waals surface area contributed by atoms with Crippen molar-refractivity contribution in [3.05, 3.63) is 157 Å². The summed E-state index contributed by atoms with van der Waals surface area (Å²) in [6.07, 6.45) is 2.95. The fourth-order valence-corrected chi connectivity index (χ4v) is 9.88. The second-order valence-electron chi connectivity index (χ2n) is 16.9. The van der Waals surface area contributed by atoms with Gasteiger partial charge in [-0.15, -0.1) is 5.10 Å². The number of anilines is 10. The summed E-state index contributed by atoms with van der Waals surface area (Å²) in [5.74, 6) is 7.67. The lowest BCUT2D eigenvalue weighted by atomic mass is 10.2. The monoisotopic (exact) mass is 1210 g/mol. The molecule has 0 atom stereocenters. The molecule has 5 aliphatic rings. The van der Waals surface area contributed by atoms with Gasteiger partial charge in [-0.1, -0.05) is 72.1 Å². The van der Waals surface area contributed by atoms with Gasteiger partial charge in [0.05, 0.1) is 29.5 Å². The van der Waals surface area contributed by atoms with Crippen molar-refractivity contribution < 1.29 is 23.7 Å². The molecule has 5 aromatic heterocycles. The van der Waals surface area contributed by atoms with Gasteiger partial charge in [0.1, 0.15) is 36.1 Å². The van der Waals surface area contributed by atoms with Gasteiger partial charge in [-0.25, -0.2) is 24.8 Å². The van der Waals surface area contributed by atoms with Crippen molar-refractivity contribution in [1.82, 2.24) is 65.5 Å². The molecule has 5 aromatic carbocycles. The summed E-state index contributed by atoms with van der Waals surface area (Å²) in [7, 11) is 0. The summed E-state index contributed by atoms with van der Waals surface area (Å²) in [4.78, 5) is 49.6. The third kappa shape index (κ3) is 13.2. The van der Waals surface area contributed by atoms with Crippen LogP contribution in [0.2, 0.25) is 0 Å². The summed E-state index contributed by atoms with van der Waals surface area (Å²) in [5, 5.41) is 36.7. The van der Waals surface area contributed by atoms with E-state index in [4.69, 9.17) is 71.8 Å². The van der Waals surface area contributed by atoms with E-state index >= 15 is 0 Å². The van der Waals surface area contributed by atoms with Gasteiger partial charge in [0.15, 0.2) is 72.7 Å². The third-order valence-corrected chi connectivity index (χ3v) is 13.9. The van der Waals surface area contributed by atoms with E-state index in [0.717, 1.165) is 49.1 Å². The number of benzene rings is 5. The van der Waals surface area contributed by atoms with Crippen LogP contribution in [0.1, 0.15) is 0 Å². The lowest BCUT2D eigenvalue weighted by molar-refractivity contribution is 0.327. The minimum absolute atomic E-state index is 0.323. The Hall–Kier alpha value is -9.83. The molecule has 5 aliphatic heterocycles. The second-order valence-corrected chi connectivity index (χ2v) is 20.1. The molecule has 0 fully saturated rings. The number of nitrogens with one attached hydrogen (secondary N) is 10. The SMILES string of the molecule is NCCOc1cccc2c1Nc1[nH]c(=O)ncc1O2.NCCOc1cccc2c1Nc1[nH]c(=S)ncc1O2.O=c1nc2c(n[nH]1)Sc1ccccc1N2.S=c1nc2c(n[nH]1)Oc1ccccc1N2.S=c1nc2c(n[nH]1)Sc1ccccc1N2. The van der Waals surface area contributed by atoms with Crippen molar-refractivity contribution >= 4 is 118 Å². The second kappa shape index (κ2) is 25.3. The van der Waals surface area contributed by atoms with E-state index in [1.165, 1.54) is 18.0 Å². The van der Waals surface area contributed by atoms with E-state index in [2.05, 4.69) is 92.1 Å². The maximum absolute atomic E-state index is 11.2. The Labute approximate surface area is 491 Å². The number of nitrogens with zero attached hydrogens (tertiary/aromatic N) is 8. The number of hydrogen-bond acceptors (Lipinski definition) is 27. The van der Waals surface area contributed by atoms with Crippen molar-refractivity contribution in [3.8, 4) is 46.1 Å². The number of para-hydroxylation sites is 6. The zero-order chi connectivity index (χ0) is 57.2. The molecular weight excluding hydrogens is 1170 g/mol. The lowest BCUT2D eigenvalue weighted by Crippen LogP contribution is -2.16. The molecule has 0 amide bonds. The molecule has 418 valence electrons. The van der Waals surface area contributed by atoms with Crippen LogP contribution in [0.25, 0.3) is 0 Å². The van der Waals surface area contributed by atoms with Crippen LogP contribution in [0.4, 0.5) is 57.5 Å². The van der Waals surface area contributed by atoms with Crippen LogP contribution >= 0.6 is 60.2 Å². The Bertz CT molecular complexity index is 3990. The zero-order valence-corrected chi connectivity index (χ0v) is 46.6. The zero-order valence-electron chi connectivity index (χ0n) is 42.5. The van der Waals surface area contributed by atoms with Crippen LogP contribution in [0, 0.1) is 14.3 Å². The number of ether oxygens (including phenoxy) is 5. The smallest absolute Gasteiger partial charge is 0.363 e. The number of rotatable bonds is 6. The molecule has 10 heterocycles. The molecule has 0 saturated carbocycles. The molecule has 0 spiro atoms. The highest BCUT2D eigenvalue weighted by Crippen LogP contribution is 2.47. The molecule has 0 bridgehead atoms. The Kier molecular flexibility index (Phi) is 16.8. The predicted octanol–water partition coefficient (Wildman–Crippen LogP) is 9.78. The van der Waals surface area contributed by atoms with Gasteiger partial charge < -0.3 is 66.7 Å². The summed E-state index contributed by atoms with van der Waals surface area (Å²) in [6, 6.07) is 34.4. The third-order valence-electron chi connectivity index (χ3n) is 11.3. The number of aromatic amines is 5. The molecule has 0 radical (unpaired) electrons. The molecule has 0 unspecified atom stereocenters. The minimum atomic E-state index is -0.446. The summed E-state index contributed by atoms with van der Waals surface area (Å²) in [5.41, 5.74) is 14.2. The van der Waals surface area contributed by atoms with Crippen molar-refractivity contribution in [2.45, 2.75) is 19.8 Å². The molecule has 10 aromatic rings. The highest BCUT2D eigenvalue weighted by Gasteiger charge is 2.24. The van der Waals surface area contributed by atoms with E-state index in [9.17, 15) is 9.59 Å². The molecule has 32 heteroatoms. The highest BCUT2D eigenvalue weighted by atomic mass is 32.2. The Morgan fingerprint density at radius 1 is 0.470 bits per heavy atom. The maximum Gasteiger partial charge on any atom is 0.363 e. The van der Waals surface area contributed by atoms with Gasteiger partial charge >= 0.3 is 11.4 Å². The summed E-state index contributed by atoms with van der Waals surface area (Å²) in [6.45, 7) is 1.71. The van der Waals surface area contributed by atoms with Crippen molar-refractivity contribution in [2.75, 3.05) is 52.9 Å². The minimum Gasteiger partial charge on any atom is -0.490 e. The standard InChI is InChI=1S/C12H12N4O3.C12H12N4O2S.2C9H6N4OS.C9H6N4S2/c13-4-5-18-7-2-1-3-8-10(7)15-11-9(19-8)6-14-12(17)16-11;13-4-5-17-7-2-1-3-8-10(7)15-11-9(18-8)6-14-12(19)16-11;14-9-11-7-8(12-13-9)15-6-4-2-1-3-5(6)10-7;15-9-11-7-8(12-13-9)14-6-4-2-1-3-5(6)10-7;14-9-11-7-8(12-13-9)15-6-4-2-1-3-5(6)10-7/h1-3,6H,4-5,13H2,(H2,14,15,16,17);1-3,6H,4-5,13H2,(H2,14,15,16,19);1-4H,(H2,10,11,13,14);1-4H,(H2,10,11,13,15);1-4H,(H2,10,11,13,14). The van der Waals surface area contributed by atoms with Crippen molar-refractivity contribution in [1.29, 1.82) is 0 Å². The number of H-pyrrole nitrogens is 5. The van der Waals surface area contributed by atoms with Gasteiger partial charge in [0, 0.05) is 22.9 Å². The number of nitrogens with two attached hydrogens (primary N) is 2. The molecule has 14 N–H and O–H groups in total. The molecule has 83 heavy (non-hydrogen) atoms. The average Bonchev–Trinajstić information content (AvgIpc) is 3.71. The molecule has 0 aliphatic carbocycles. The topological polar surface area (TPSA) is 375 Å². The van der Waals surface area contributed by atoms with Gasteiger partial charge in [0.25, 0.3) is 5.88 Å². The Morgan fingerprint density at radius 3 is 1.60 bits per heavy atom. The first-order chi connectivity index (χ1) is 40.5. The first-order valence-corrected chi connectivity index (χ1v) is 27.4. The first-order valence-electron chi connectivity index (χ1n) is 24.6. The highest BCUT2D eigenvalue weighted by molar-refractivity contribution is 8.00. The Morgan fingerprint density at radius 2 is 0.976 bits per heavy atom. The molecule has 0 saturated heterocycles. The maximum atomic E-state index is 11.2. The quantitative estimate of drug-likeness (QED) is 0.0689. The number of hydrogen-bond donors (Lipinski definition) is 12.